The number of aromatic nitrogens is 1. The molecule has 0 aliphatic carbocycles. The van der Waals surface area contributed by atoms with Gasteiger partial charge >= 0.3 is 0 Å². The maximum atomic E-state index is 8.89. The van der Waals surface area contributed by atoms with E-state index in [0.717, 1.165) is 17.1 Å². The van der Waals surface area contributed by atoms with Crippen molar-refractivity contribution in [3.05, 3.63) is 44.9 Å². The molecule has 0 saturated carbocycles. The Labute approximate surface area is 115 Å². The first-order chi connectivity index (χ1) is 8.72. The summed E-state index contributed by atoms with van der Waals surface area (Å²) in [7, 11) is 0. The zero-order valence-electron chi connectivity index (χ0n) is 9.90. The average Bonchev–Trinajstić information content (AvgIpc) is 2.86. The van der Waals surface area contributed by atoms with Crippen LogP contribution in [0.15, 0.2) is 24.4 Å². The number of thiazole rings is 1. The highest BCUT2D eigenvalue weighted by atomic mass is 35.5. The second kappa shape index (κ2) is 5.85. The number of hydrogen-bond acceptors (Lipinski definition) is 4. The van der Waals surface area contributed by atoms with E-state index < -0.39 is 0 Å². The van der Waals surface area contributed by atoms with Crippen LogP contribution in [0.3, 0.4) is 0 Å². The van der Waals surface area contributed by atoms with E-state index in [1.807, 2.05) is 12.3 Å². The molecule has 0 radical (unpaired) electrons. The van der Waals surface area contributed by atoms with Gasteiger partial charge in [0.2, 0.25) is 0 Å². The third kappa shape index (κ3) is 3.00. The van der Waals surface area contributed by atoms with Gasteiger partial charge in [0.25, 0.3) is 0 Å². The molecule has 0 fully saturated rings. The molecule has 0 aliphatic heterocycles. The number of nitrogens with one attached hydrogen (secondary N) is 1. The van der Waals surface area contributed by atoms with Crippen LogP contribution in [-0.4, -0.2) is 4.98 Å². The summed E-state index contributed by atoms with van der Waals surface area (Å²) in [5, 5.41) is 13.8. The van der Waals surface area contributed by atoms with Gasteiger partial charge in [-0.1, -0.05) is 18.5 Å². The van der Waals surface area contributed by atoms with Crippen LogP contribution in [0.25, 0.3) is 0 Å². The van der Waals surface area contributed by atoms with Crippen LogP contribution in [0.2, 0.25) is 5.02 Å². The number of anilines is 1. The van der Waals surface area contributed by atoms with Gasteiger partial charge in [-0.3, -0.25) is 0 Å². The largest absolute Gasteiger partial charge is 0.380 e. The Balaban J connectivity index is 2.04. The molecule has 0 aliphatic rings. The molecule has 3 nitrogen and oxygen atoms in total. The van der Waals surface area contributed by atoms with Crippen molar-refractivity contribution < 1.29 is 0 Å². The Hall–Kier alpha value is -1.57. The summed E-state index contributed by atoms with van der Waals surface area (Å²) >= 11 is 7.58. The first-order valence-corrected chi connectivity index (χ1v) is 6.79. The number of benzene rings is 1. The highest BCUT2D eigenvalue weighted by Gasteiger charge is 2.03. The molecule has 2 rings (SSSR count). The Morgan fingerprint density at radius 1 is 1.50 bits per heavy atom. The van der Waals surface area contributed by atoms with E-state index in [1.54, 1.807) is 23.5 Å². The van der Waals surface area contributed by atoms with Gasteiger partial charge in [-0.15, -0.1) is 11.3 Å². The molecule has 2 aromatic rings. The highest BCUT2D eigenvalue weighted by molar-refractivity contribution is 7.11. The molecule has 92 valence electrons. The van der Waals surface area contributed by atoms with Crippen molar-refractivity contribution in [2.45, 2.75) is 19.9 Å². The molecule has 0 amide bonds. The minimum Gasteiger partial charge on any atom is -0.380 e. The Morgan fingerprint density at radius 3 is 3.00 bits per heavy atom. The number of rotatable bonds is 4. The van der Waals surface area contributed by atoms with Crippen LogP contribution in [0.1, 0.15) is 22.4 Å². The van der Waals surface area contributed by atoms with E-state index in [2.05, 4.69) is 23.3 Å². The van der Waals surface area contributed by atoms with Crippen molar-refractivity contribution in [1.29, 1.82) is 5.26 Å². The number of hydrogen-bond donors (Lipinski definition) is 1. The standard InChI is InChI=1S/C13H12ClN3S/c1-2-13-17-8-11(18-13)7-16-10-3-4-12(14)9(5-10)6-15/h3-5,8,16H,2,7H2,1H3. The van der Waals surface area contributed by atoms with E-state index in [0.29, 0.717) is 17.1 Å². The van der Waals surface area contributed by atoms with Crippen LogP contribution in [0.5, 0.6) is 0 Å². The SMILES string of the molecule is CCc1ncc(CNc2ccc(Cl)c(C#N)c2)s1. The zero-order valence-corrected chi connectivity index (χ0v) is 11.5. The minimum atomic E-state index is 0.481. The van der Waals surface area contributed by atoms with Crippen LogP contribution in [-0.2, 0) is 13.0 Å². The topological polar surface area (TPSA) is 48.7 Å². The number of aryl methyl sites for hydroxylation is 1. The van der Waals surface area contributed by atoms with Gasteiger partial charge in [0, 0.05) is 16.8 Å². The van der Waals surface area contributed by atoms with Crippen molar-refractivity contribution in [3.8, 4) is 6.07 Å². The van der Waals surface area contributed by atoms with Crippen molar-refractivity contribution in [2.75, 3.05) is 5.32 Å². The van der Waals surface area contributed by atoms with Crippen LogP contribution in [0, 0.1) is 11.3 Å². The summed E-state index contributed by atoms with van der Waals surface area (Å²) in [5.74, 6) is 0. The van der Waals surface area contributed by atoms with Crippen LogP contribution < -0.4 is 5.32 Å². The van der Waals surface area contributed by atoms with Gasteiger partial charge in [0.1, 0.15) is 6.07 Å². The van der Waals surface area contributed by atoms with Gasteiger partial charge in [-0.25, -0.2) is 4.98 Å². The Kier molecular flexibility index (Phi) is 4.19. The number of nitriles is 1. The van der Waals surface area contributed by atoms with Gasteiger partial charge in [-0.2, -0.15) is 5.26 Å². The van der Waals surface area contributed by atoms with E-state index >= 15 is 0 Å². The third-order valence-corrected chi connectivity index (χ3v) is 3.93. The summed E-state index contributed by atoms with van der Waals surface area (Å²) in [6, 6.07) is 7.41. The van der Waals surface area contributed by atoms with Crippen LogP contribution in [0.4, 0.5) is 5.69 Å². The van der Waals surface area contributed by atoms with Crippen molar-refractivity contribution >= 4 is 28.6 Å². The second-order valence-corrected chi connectivity index (χ2v) is 5.34. The summed E-state index contributed by atoms with van der Waals surface area (Å²) in [5.41, 5.74) is 1.38. The average molecular weight is 278 g/mol. The second-order valence-electron chi connectivity index (χ2n) is 3.73. The summed E-state index contributed by atoms with van der Waals surface area (Å²) in [6.45, 7) is 2.80. The van der Waals surface area contributed by atoms with E-state index in [9.17, 15) is 0 Å². The number of nitrogens with zero attached hydrogens (tertiary/aromatic N) is 2. The molecule has 0 unspecified atom stereocenters. The smallest absolute Gasteiger partial charge is 0.101 e. The van der Waals surface area contributed by atoms with Crippen LogP contribution >= 0.6 is 22.9 Å². The fourth-order valence-corrected chi connectivity index (χ4v) is 2.47. The quantitative estimate of drug-likeness (QED) is 0.924. The fraction of sp³-hybridized carbons (Fsp3) is 0.231. The summed E-state index contributed by atoms with van der Waals surface area (Å²) in [4.78, 5) is 5.48. The molecule has 1 aromatic heterocycles. The molecule has 0 atom stereocenters. The maximum absolute atomic E-state index is 8.89. The first-order valence-electron chi connectivity index (χ1n) is 5.60. The van der Waals surface area contributed by atoms with Crippen molar-refractivity contribution in [3.63, 3.8) is 0 Å². The number of halogens is 1. The highest BCUT2D eigenvalue weighted by Crippen LogP contribution is 2.21. The van der Waals surface area contributed by atoms with Crippen molar-refractivity contribution in [2.24, 2.45) is 0 Å². The predicted octanol–water partition coefficient (Wildman–Crippen LogP) is 3.84. The lowest BCUT2D eigenvalue weighted by molar-refractivity contribution is 1.09. The lowest BCUT2D eigenvalue weighted by Gasteiger charge is -2.05. The maximum Gasteiger partial charge on any atom is 0.101 e. The molecule has 1 aromatic carbocycles. The van der Waals surface area contributed by atoms with Gasteiger partial charge < -0.3 is 5.32 Å². The van der Waals surface area contributed by atoms with Gasteiger partial charge in [0.05, 0.1) is 22.1 Å². The fourth-order valence-electron chi connectivity index (χ4n) is 1.50. The van der Waals surface area contributed by atoms with Crippen molar-refractivity contribution in [1.82, 2.24) is 4.98 Å². The minimum absolute atomic E-state index is 0.481. The molecule has 0 saturated heterocycles. The Bertz CT molecular complexity index is 586. The molecule has 0 bridgehead atoms. The van der Waals surface area contributed by atoms with Gasteiger partial charge in [-0.05, 0) is 24.6 Å². The zero-order chi connectivity index (χ0) is 13.0. The molecular weight excluding hydrogens is 266 g/mol. The lowest BCUT2D eigenvalue weighted by atomic mass is 10.2. The molecule has 1 heterocycles. The monoisotopic (exact) mass is 277 g/mol. The molecule has 5 heteroatoms. The van der Waals surface area contributed by atoms with E-state index in [-0.39, 0.29) is 0 Å². The Morgan fingerprint density at radius 2 is 2.33 bits per heavy atom. The summed E-state index contributed by atoms with van der Waals surface area (Å²) in [6.07, 6.45) is 2.85. The van der Waals surface area contributed by atoms with Gasteiger partial charge in [0.15, 0.2) is 0 Å². The molecule has 18 heavy (non-hydrogen) atoms. The first kappa shape index (κ1) is 12.9. The molecule has 0 spiro atoms. The summed E-state index contributed by atoms with van der Waals surface area (Å²) < 4.78 is 0. The molecule has 1 N–H and O–H groups in total. The predicted molar refractivity (Wildman–Crippen MR) is 75.0 cm³/mol. The van der Waals surface area contributed by atoms with E-state index in [1.165, 1.54) is 4.88 Å². The third-order valence-electron chi connectivity index (χ3n) is 2.46. The molecular formula is C13H12ClN3S. The normalized spacial score (nSPS) is 10.1. The lowest BCUT2D eigenvalue weighted by Crippen LogP contribution is -1.97. The van der Waals surface area contributed by atoms with E-state index in [4.69, 9.17) is 16.9 Å².